The molecule has 4 nitrogen and oxygen atoms in total. The van der Waals surface area contributed by atoms with Gasteiger partial charge in [0.15, 0.2) is 0 Å². The molecule has 96 valence electrons. The van der Waals surface area contributed by atoms with Crippen LogP contribution in [-0.2, 0) is 14.2 Å². The van der Waals surface area contributed by atoms with Crippen molar-refractivity contribution in [2.45, 2.75) is 38.9 Å². The van der Waals surface area contributed by atoms with Crippen molar-refractivity contribution >= 4 is 0 Å². The number of rotatable bonds is 8. The molecule has 1 aliphatic heterocycles. The van der Waals surface area contributed by atoms with Crippen LogP contribution in [0.15, 0.2) is 0 Å². The van der Waals surface area contributed by atoms with Crippen LogP contribution in [0.4, 0.5) is 0 Å². The average Bonchev–Trinajstić information content (AvgIpc) is 2.70. The minimum absolute atomic E-state index is 0.235. The second kappa shape index (κ2) is 8.01. The predicted octanol–water partition coefficient (Wildman–Crippen LogP) is 1.18. The summed E-state index contributed by atoms with van der Waals surface area (Å²) < 4.78 is 16.6. The fourth-order valence-corrected chi connectivity index (χ4v) is 1.73. The lowest BCUT2D eigenvalue weighted by Crippen LogP contribution is -2.23. The SMILES string of the molecule is CC(C)COCCOCC1CCC(CN)O1. The monoisotopic (exact) mass is 231 g/mol. The van der Waals surface area contributed by atoms with Gasteiger partial charge in [0.05, 0.1) is 32.0 Å². The Morgan fingerprint density at radius 2 is 1.88 bits per heavy atom. The van der Waals surface area contributed by atoms with Gasteiger partial charge in [0.2, 0.25) is 0 Å². The maximum absolute atomic E-state index is 5.66. The van der Waals surface area contributed by atoms with Crippen LogP contribution in [0.5, 0.6) is 0 Å². The van der Waals surface area contributed by atoms with Gasteiger partial charge in [0.1, 0.15) is 0 Å². The Kier molecular flexibility index (Phi) is 6.96. The zero-order valence-electron chi connectivity index (χ0n) is 10.5. The highest BCUT2D eigenvalue weighted by Gasteiger charge is 2.23. The highest BCUT2D eigenvalue weighted by Crippen LogP contribution is 2.18. The molecule has 2 unspecified atom stereocenters. The smallest absolute Gasteiger partial charge is 0.0813 e. The third-order valence-electron chi connectivity index (χ3n) is 2.59. The van der Waals surface area contributed by atoms with E-state index in [-0.39, 0.29) is 12.2 Å². The summed E-state index contributed by atoms with van der Waals surface area (Å²) in [6.45, 7) is 7.69. The van der Waals surface area contributed by atoms with Crippen molar-refractivity contribution in [2.75, 3.05) is 33.0 Å². The van der Waals surface area contributed by atoms with Crippen LogP contribution in [0.25, 0.3) is 0 Å². The Morgan fingerprint density at radius 3 is 2.50 bits per heavy atom. The summed E-state index contributed by atoms with van der Waals surface area (Å²) in [6, 6.07) is 0. The van der Waals surface area contributed by atoms with Gasteiger partial charge in [-0.2, -0.15) is 0 Å². The van der Waals surface area contributed by atoms with Crippen LogP contribution in [0, 0.1) is 5.92 Å². The molecule has 1 fully saturated rings. The predicted molar refractivity (Wildman–Crippen MR) is 63.4 cm³/mol. The number of nitrogens with two attached hydrogens (primary N) is 1. The molecule has 2 N–H and O–H groups in total. The molecule has 0 spiro atoms. The molecule has 0 radical (unpaired) electrons. The first-order chi connectivity index (χ1) is 7.72. The van der Waals surface area contributed by atoms with Crippen molar-refractivity contribution in [3.63, 3.8) is 0 Å². The zero-order chi connectivity index (χ0) is 11.8. The van der Waals surface area contributed by atoms with Gasteiger partial charge in [-0.05, 0) is 18.8 Å². The summed E-state index contributed by atoms with van der Waals surface area (Å²) in [4.78, 5) is 0. The molecule has 1 saturated heterocycles. The highest BCUT2D eigenvalue weighted by atomic mass is 16.6. The van der Waals surface area contributed by atoms with Crippen LogP contribution < -0.4 is 5.73 Å². The van der Waals surface area contributed by atoms with E-state index in [0.29, 0.717) is 32.3 Å². The zero-order valence-corrected chi connectivity index (χ0v) is 10.5. The van der Waals surface area contributed by atoms with Gasteiger partial charge in [-0.15, -0.1) is 0 Å². The Balaban J connectivity index is 1.88. The largest absolute Gasteiger partial charge is 0.379 e. The van der Waals surface area contributed by atoms with Gasteiger partial charge in [-0.3, -0.25) is 0 Å². The molecule has 1 rings (SSSR count). The van der Waals surface area contributed by atoms with Crippen molar-refractivity contribution in [3.05, 3.63) is 0 Å². The van der Waals surface area contributed by atoms with E-state index in [4.69, 9.17) is 19.9 Å². The van der Waals surface area contributed by atoms with Crippen LogP contribution >= 0.6 is 0 Å². The van der Waals surface area contributed by atoms with Crippen LogP contribution in [0.2, 0.25) is 0 Å². The molecule has 1 aliphatic rings. The van der Waals surface area contributed by atoms with Gasteiger partial charge < -0.3 is 19.9 Å². The van der Waals surface area contributed by atoms with E-state index in [2.05, 4.69) is 13.8 Å². The van der Waals surface area contributed by atoms with E-state index in [0.717, 1.165) is 19.4 Å². The van der Waals surface area contributed by atoms with Crippen LogP contribution in [0.1, 0.15) is 26.7 Å². The van der Waals surface area contributed by atoms with Crippen molar-refractivity contribution in [2.24, 2.45) is 11.7 Å². The van der Waals surface area contributed by atoms with Gasteiger partial charge >= 0.3 is 0 Å². The second-order valence-corrected chi connectivity index (χ2v) is 4.74. The molecule has 1 heterocycles. The lowest BCUT2D eigenvalue weighted by molar-refractivity contribution is -0.0286. The third kappa shape index (κ3) is 5.80. The fourth-order valence-electron chi connectivity index (χ4n) is 1.73. The van der Waals surface area contributed by atoms with E-state index in [1.807, 2.05) is 0 Å². The summed E-state index contributed by atoms with van der Waals surface area (Å²) in [5.74, 6) is 0.587. The number of ether oxygens (including phenoxy) is 3. The quantitative estimate of drug-likeness (QED) is 0.637. The summed E-state index contributed by atoms with van der Waals surface area (Å²) >= 11 is 0. The molecule has 4 heteroatoms. The van der Waals surface area contributed by atoms with Gasteiger partial charge in [0, 0.05) is 13.2 Å². The molecule has 16 heavy (non-hydrogen) atoms. The fraction of sp³-hybridized carbons (Fsp3) is 1.00. The summed E-state index contributed by atoms with van der Waals surface area (Å²) in [5, 5.41) is 0. The topological polar surface area (TPSA) is 53.7 Å². The molecular weight excluding hydrogens is 206 g/mol. The first-order valence-corrected chi connectivity index (χ1v) is 6.23. The first kappa shape index (κ1) is 13.9. The summed E-state index contributed by atoms with van der Waals surface area (Å²) in [7, 11) is 0. The molecule has 0 aromatic rings. The number of hydrogen-bond acceptors (Lipinski definition) is 4. The van der Waals surface area contributed by atoms with Crippen molar-refractivity contribution in [1.82, 2.24) is 0 Å². The second-order valence-electron chi connectivity index (χ2n) is 4.74. The first-order valence-electron chi connectivity index (χ1n) is 6.23. The van der Waals surface area contributed by atoms with Gasteiger partial charge in [-0.25, -0.2) is 0 Å². The highest BCUT2D eigenvalue weighted by molar-refractivity contribution is 4.73. The van der Waals surface area contributed by atoms with E-state index in [1.54, 1.807) is 0 Å². The van der Waals surface area contributed by atoms with Crippen LogP contribution in [0.3, 0.4) is 0 Å². The molecule has 0 aliphatic carbocycles. The number of hydrogen-bond donors (Lipinski definition) is 1. The van der Waals surface area contributed by atoms with E-state index < -0.39 is 0 Å². The molecule has 0 aromatic heterocycles. The molecule has 0 saturated carbocycles. The van der Waals surface area contributed by atoms with E-state index in [9.17, 15) is 0 Å². The Morgan fingerprint density at radius 1 is 1.19 bits per heavy atom. The maximum Gasteiger partial charge on any atom is 0.0813 e. The van der Waals surface area contributed by atoms with Crippen LogP contribution in [-0.4, -0.2) is 45.2 Å². The summed E-state index contributed by atoms with van der Waals surface area (Å²) in [5.41, 5.74) is 5.53. The Bertz CT molecular complexity index is 176. The van der Waals surface area contributed by atoms with E-state index >= 15 is 0 Å². The Labute approximate surface area is 98.4 Å². The lowest BCUT2D eigenvalue weighted by atomic mass is 10.2. The van der Waals surface area contributed by atoms with Crippen molar-refractivity contribution in [3.8, 4) is 0 Å². The molecule has 0 bridgehead atoms. The molecule has 2 atom stereocenters. The van der Waals surface area contributed by atoms with E-state index in [1.165, 1.54) is 0 Å². The van der Waals surface area contributed by atoms with Gasteiger partial charge in [-0.1, -0.05) is 13.8 Å². The third-order valence-corrected chi connectivity index (χ3v) is 2.59. The van der Waals surface area contributed by atoms with Crippen molar-refractivity contribution in [1.29, 1.82) is 0 Å². The lowest BCUT2D eigenvalue weighted by Gasteiger charge is -2.13. The van der Waals surface area contributed by atoms with Gasteiger partial charge in [0.25, 0.3) is 0 Å². The molecule has 0 aromatic carbocycles. The molecule has 0 amide bonds. The standard InChI is InChI=1S/C12H25NO3/c1-10(2)8-14-5-6-15-9-12-4-3-11(7-13)16-12/h10-12H,3-9,13H2,1-2H3. The minimum atomic E-state index is 0.235. The minimum Gasteiger partial charge on any atom is -0.379 e. The molecular formula is C12H25NO3. The average molecular weight is 231 g/mol. The van der Waals surface area contributed by atoms with Crippen molar-refractivity contribution < 1.29 is 14.2 Å². The maximum atomic E-state index is 5.66. The normalized spacial score (nSPS) is 25.5. The Hall–Kier alpha value is -0.160. The summed E-state index contributed by atoms with van der Waals surface area (Å²) in [6.07, 6.45) is 2.60.